The normalized spacial score (nSPS) is 13.2. The van der Waals surface area contributed by atoms with Gasteiger partial charge in [0.1, 0.15) is 5.00 Å². The van der Waals surface area contributed by atoms with Gasteiger partial charge in [-0.25, -0.2) is 0 Å². The van der Waals surface area contributed by atoms with E-state index in [2.05, 4.69) is 5.32 Å². The van der Waals surface area contributed by atoms with Crippen LogP contribution in [0.3, 0.4) is 0 Å². The number of hydrogen-bond donors (Lipinski definition) is 2. The molecule has 0 unspecified atom stereocenters. The van der Waals surface area contributed by atoms with E-state index in [4.69, 9.17) is 15.2 Å². The van der Waals surface area contributed by atoms with Gasteiger partial charge in [0.15, 0.2) is 11.5 Å². The molecule has 1 aromatic carbocycles. The van der Waals surface area contributed by atoms with Crippen molar-refractivity contribution in [3.63, 3.8) is 0 Å². The van der Waals surface area contributed by atoms with Crippen molar-refractivity contribution in [2.45, 2.75) is 32.6 Å². The molecular formula is C21H24N2O4S. The van der Waals surface area contributed by atoms with Crippen LogP contribution in [-0.2, 0) is 17.6 Å². The maximum Gasteiger partial charge on any atom is 0.251 e. The lowest BCUT2D eigenvalue weighted by molar-refractivity contribution is -0.111. The highest BCUT2D eigenvalue weighted by Crippen LogP contribution is 2.38. The Morgan fingerprint density at radius 2 is 2.04 bits per heavy atom. The summed E-state index contributed by atoms with van der Waals surface area (Å²) in [6, 6.07) is 5.45. The molecule has 0 radical (unpaired) electrons. The minimum Gasteiger partial charge on any atom is -0.493 e. The fraction of sp³-hybridized carbons (Fsp3) is 0.333. The molecule has 0 fully saturated rings. The fourth-order valence-electron chi connectivity index (χ4n) is 3.30. The Labute approximate surface area is 168 Å². The van der Waals surface area contributed by atoms with Crippen LogP contribution < -0.4 is 20.5 Å². The first-order valence-electron chi connectivity index (χ1n) is 9.27. The lowest BCUT2D eigenvalue weighted by atomic mass is 9.95. The van der Waals surface area contributed by atoms with E-state index in [9.17, 15) is 9.59 Å². The molecule has 0 spiro atoms. The number of aryl methyl sites for hydroxylation is 1. The average molecular weight is 401 g/mol. The van der Waals surface area contributed by atoms with Crippen molar-refractivity contribution in [2.24, 2.45) is 5.73 Å². The van der Waals surface area contributed by atoms with Crippen LogP contribution in [0.5, 0.6) is 11.5 Å². The van der Waals surface area contributed by atoms with Crippen molar-refractivity contribution in [3.05, 3.63) is 45.8 Å². The van der Waals surface area contributed by atoms with E-state index in [-0.39, 0.29) is 5.91 Å². The zero-order valence-electron chi connectivity index (χ0n) is 16.0. The molecule has 1 aliphatic rings. The number of hydrogen-bond acceptors (Lipinski definition) is 5. The maximum absolute atomic E-state index is 12.4. The largest absolute Gasteiger partial charge is 0.493 e. The van der Waals surface area contributed by atoms with Crippen LogP contribution in [0.2, 0.25) is 0 Å². The molecule has 1 aliphatic carbocycles. The first kappa shape index (κ1) is 19.9. The predicted octanol–water partition coefficient (Wildman–Crippen LogP) is 3.79. The number of nitrogens with two attached hydrogens (primary N) is 1. The Bertz CT molecular complexity index is 917. The van der Waals surface area contributed by atoms with Crippen molar-refractivity contribution in [1.82, 2.24) is 0 Å². The molecule has 148 valence electrons. The highest BCUT2D eigenvalue weighted by Gasteiger charge is 2.24. The predicted molar refractivity (Wildman–Crippen MR) is 111 cm³/mol. The van der Waals surface area contributed by atoms with E-state index in [0.717, 1.165) is 41.7 Å². The molecule has 0 bridgehead atoms. The van der Waals surface area contributed by atoms with E-state index < -0.39 is 5.91 Å². The molecule has 6 nitrogen and oxygen atoms in total. The van der Waals surface area contributed by atoms with Crippen molar-refractivity contribution < 1.29 is 19.1 Å². The number of rotatable bonds is 7. The van der Waals surface area contributed by atoms with Crippen molar-refractivity contribution in [3.8, 4) is 11.5 Å². The molecule has 1 aromatic heterocycles. The molecule has 2 amide bonds. The minimum atomic E-state index is -0.491. The standard InChI is InChI=1S/C21H24N2O4S/c1-3-27-15-10-8-13(12-16(15)26-2)9-11-18(24)23-21-19(20(22)25)14-6-4-5-7-17(14)28-21/h8-12H,3-7H2,1-2H3,(H2,22,25)(H,23,24)/b11-9+. The lowest BCUT2D eigenvalue weighted by Crippen LogP contribution is -2.17. The summed E-state index contributed by atoms with van der Waals surface area (Å²) < 4.78 is 10.8. The number of anilines is 1. The van der Waals surface area contributed by atoms with E-state index in [0.29, 0.717) is 28.7 Å². The average Bonchev–Trinajstić information content (AvgIpc) is 3.05. The Hall–Kier alpha value is -2.80. The van der Waals surface area contributed by atoms with Crippen LogP contribution in [0.4, 0.5) is 5.00 Å². The molecule has 0 saturated carbocycles. The van der Waals surface area contributed by atoms with Crippen molar-refractivity contribution in [1.29, 1.82) is 0 Å². The van der Waals surface area contributed by atoms with Gasteiger partial charge in [-0.3, -0.25) is 9.59 Å². The van der Waals surface area contributed by atoms with Crippen LogP contribution >= 0.6 is 11.3 Å². The van der Waals surface area contributed by atoms with Gasteiger partial charge in [-0.05, 0) is 61.9 Å². The topological polar surface area (TPSA) is 90.6 Å². The summed E-state index contributed by atoms with van der Waals surface area (Å²) in [6.07, 6.45) is 7.01. The van der Waals surface area contributed by atoms with Gasteiger partial charge in [0.2, 0.25) is 5.91 Å². The summed E-state index contributed by atoms with van der Waals surface area (Å²) >= 11 is 1.45. The number of ether oxygens (including phenoxy) is 2. The van der Waals surface area contributed by atoms with Gasteiger partial charge >= 0.3 is 0 Å². The first-order valence-corrected chi connectivity index (χ1v) is 10.1. The van der Waals surface area contributed by atoms with E-state index in [1.54, 1.807) is 25.3 Å². The van der Waals surface area contributed by atoms with Crippen molar-refractivity contribution in [2.75, 3.05) is 19.0 Å². The van der Waals surface area contributed by atoms with Gasteiger partial charge in [-0.1, -0.05) is 6.07 Å². The summed E-state index contributed by atoms with van der Waals surface area (Å²) in [5.41, 5.74) is 7.83. The number of methoxy groups -OCH3 is 1. The third-order valence-electron chi connectivity index (χ3n) is 4.57. The molecule has 0 atom stereocenters. The van der Waals surface area contributed by atoms with Crippen LogP contribution in [0.25, 0.3) is 6.08 Å². The second-order valence-electron chi connectivity index (χ2n) is 6.45. The molecule has 1 heterocycles. The fourth-order valence-corrected chi connectivity index (χ4v) is 4.60. The molecule has 7 heteroatoms. The second-order valence-corrected chi connectivity index (χ2v) is 7.55. The Kier molecular flexibility index (Phi) is 6.36. The molecule has 0 aliphatic heterocycles. The number of amides is 2. The lowest BCUT2D eigenvalue weighted by Gasteiger charge is -2.11. The number of nitrogens with one attached hydrogen (secondary N) is 1. The number of thiophene rings is 1. The Morgan fingerprint density at radius 1 is 1.25 bits per heavy atom. The van der Waals surface area contributed by atoms with Gasteiger partial charge in [0.25, 0.3) is 5.91 Å². The summed E-state index contributed by atoms with van der Waals surface area (Å²) in [7, 11) is 1.57. The third kappa shape index (κ3) is 4.36. The van der Waals surface area contributed by atoms with E-state index in [1.807, 2.05) is 13.0 Å². The summed E-state index contributed by atoms with van der Waals surface area (Å²) in [5, 5.41) is 3.36. The Morgan fingerprint density at radius 3 is 2.75 bits per heavy atom. The molecular weight excluding hydrogens is 376 g/mol. The number of benzene rings is 1. The highest BCUT2D eigenvalue weighted by molar-refractivity contribution is 7.17. The second kappa shape index (κ2) is 8.93. The molecule has 28 heavy (non-hydrogen) atoms. The van der Waals surface area contributed by atoms with Crippen LogP contribution in [0.15, 0.2) is 24.3 Å². The van der Waals surface area contributed by atoms with Gasteiger partial charge in [0.05, 0.1) is 19.3 Å². The highest BCUT2D eigenvalue weighted by atomic mass is 32.1. The minimum absolute atomic E-state index is 0.311. The van der Waals surface area contributed by atoms with Gasteiger partial charge in [-0.15, -0.1) is 11.3 Å². The summed E-state index contributed by atoms with van der Waals surface area (Å²) in [4.78, 5) is 25.5. The van der Waals surface area contributed by atoms with Crippen LogP contribution in [-0.4, -0.2) is 25.5 Å². The summed E-state index contributed by atoms with van der Waals surface area (Å²) in [6.45, 7) is 2.45. The summed E-state index contributed by atoms with van der Waals surface area (Å²) in [5.74, 6) is 0.456. The van der Waals surface area contributed by atoms with Gasteiger partial charge in [0, 0.05) is 11.0 Å². The maximum atomic E-state index is 12.4. The third-order valence-corrected chi connectivity index (χ3v) is 5.78. The number of carbonyl (C=O) groups excluding carboxylic acids is 2. The smallest absolute Gasteiger partial charge is 0.251 e. The van der Waals surface area contributed by atoms with Crippen LogP contribution in [0, 0.1) is 0 Å². The van der Waals surface area contributed by atoms with E-state index >= 15 is 0 Å². The molecule has 3 N–H and O–H groups in total. The number of fused-ring (bicyclic) bond motifs is 1. The molecule has 0 saturated heterocycles. The van der Waals surface area contributed by atoms with Crippen molar-refractivity contribution >= 4 is 34.2 Å². The zero-order chi connectivity index (χ0) is 20.1. The quantitative estimate of drug-likeness (QED) is 0.692. The SMILES string of the molecule is CCOc1ccc(/C=C/C(=O)Nc2sc3c(c2C(N)=O)CCCC3)cc1OC. The zero-order valence-corrected chi connectivity index (χ0v) is 16.9. The van der Waals surface area contributed by atoms with Gasteiger partial charge in [-0.2, -0.15) is 0 Å². The van der Waals surface area contributed by atoms with E-state index in [1.165, 1.54) is 17.4 Å². The Balaban J connectivity index is 1.76. The van der Waals surface area contributed by atoms with Crippen LogP contribution in [0.1, 0.15) is 46.1 Å². The molecule has 2 aromatic rings. The first-order chi connectivity index (χ1) is 13.5. The van der Waals surface area contributed by atoms with Gasteiger partial charge < -0.3 is 20.5 Å². The molecule has 3 rings (SSSR count). The number of carbonyl (C=O) groups is 2. The monoisotopic (exact) mass is 400 g/mol. The number of primary amides is 1.